The number of anilines is 3. The molecule has 0 unspecified atom stereocenters. The molecule has 0 aliphatic heterocycles. The molecule has 1 aromatic heterocycles. The lowest BCUT2D eigenvalue weighted by Gasteiger charge is -2.28. The van der Waals surface area contributed by atoms with Crippen LogP contribution in [0, 0.1) is 0 Å². The molecule has 0 amide bonds. The molecular formula is C57H42N2. The maximum atomic E-state index is 2.43. The highest BCUT2D eigenvalue weighted by Gasteiger charge is 2.35. The zero-order chi connectivity index (χ0) is 39.5. The van der Waals surface area contributed by atoms with Crippen molar-refractivity contribution in [2.75, 3.05) is 4.90 Å². The van der Waals surface area contributed by atoms with Gasteiger partial charge in [0.25, 0.3) is 0 Å². The minimum Gasteiger partial charge on any atom is -0.310 e. The summed E-state index contributed by atoms with van der Waals surface area (Å²) in [5.74, 6) is 0. The van der Waals surface area contributed by atoms with Crippen molar-refractivity contribution in [1.82, 2.24) is 4.57 Å². The minimum atomic E-state index is -0.0530. The van der Waals surface area contributed by atoms with Gasteiger partial charge in [-0.3, -0.25) is 0 Å². The van der Waals surface area contributed by atoms with Crippen LogP contribution in [0.4, 0.5) is 17.1 Å². The molecule has 1 heterocycles. The summed E-state index contributed by atoms with van der Waals surface area (Å²) in [6.07, 6.45) is 0. The molecular weight excluding hydrogens is 713 g/mol. The molecule has 0 atom stereocenters. The molecule has 0 radical (unpaired) electrons. The second kappa shape index (κ2) is 13.9. The van der Waals surface area contributed by atoms with Crippen molar-refractivity contribution in [3.05, 3.63) is 230 Å². The number of hydrogen-bond acceptors (Lipinski definition) is 1. The molecule has 1 aliphatic carbocycles. The highest BCUT2D eigenvalue weighted by molar-refractivity contribution is 6.16. The molecule has 1 aliphatic rings. The van der Waals surface area contributed by atoms with E-state index in [0.29, 0.717) is 0 Å². The third-order valence-electron chi connectivity index (χ3n) is 12.4. The zero-order valence-electron chi connectivity index (χ0n) is 33.2. The molecule has 2 heteroatoms. The Morgan fingerprint density at radius 2 is 0.949 bits per heavy atom. The predicted molar refractivity (Wildman–Crippen MR) is 249 cm³/mol. The van der Waals surface area contributed by atoms with Crippen molar-refractivity contribution in [2.45, 2.75) is 19.3 Å². The van der Waals surface area contributed by atoms with Crippen LogP contribution >= 0.6 is 0 Å². The van der Waals surface area contributed by atoms with Gasteiger partial charge in [0.15, 0.2) is 0 Å². The number of aromatic nitrogens is 1. The van der Waals surface area contributed by atoms with Gasteiger partial charge in [0, 0.05) is 38.8 Å². The third-order valence-corrected chi connectivity index (χ3v) is 12.4. The highest BCUT2D eigenvalue weighted by atomic mass is 15.1. The summed E-state index contributed by atoms with van der Waals surface area (Å²) in [4.78, 5) is 2.43. The molecule has 0 fully saturated rings. The number of para-hydroxylation sites is 2. The molecule has 11 rings (SSSR count). The average Bonchev–Trinajstić information content (AvgIpc) is 3.75. The van der Waals surface area contributed by atoms with E-state index in [1.54, 1.807) is 0 Å². The Balaban J connectivity index is 1.10. The largest absolute Gasteiger partial charge is 0.310 e. The first kappa shape index (κ1) is 34.8. The summed E-state index contributed by atoms with van der Waals surface area (Å²) in [6.45, 7) is 4.70. The highest BCUT2D eigenvalue weighted by Crippen LogP contribution is 2.50. The van der Waals surface area contributed by atoms with Gasteiger partial charge in [-0.05, 0) is 105 Å². The van der Waals surface area contributed by atoms with Gasteiger partial charge in [-0.2, -0.15) is 0 Å². The van der Waals surface area contributed by atoms with Crippen LogP contribution < -0.4 is 4.90 Å². The summed E-state index contributed by atoms with van der Waals surface area (Å²) < 4.78 is 2.43. The Morgan fingerprint density at radius 3 is 1.69 bits per heavy atom. The normalized spacial score (nSPS) is 12.7. The van der Waals surface area contributed by atoms with E-state index in [2.05, 4.69) is 242 Å². The van der Waals surface area contributed by atoms with E-state index < -0.39 is 0 Å². The maximum Gasteiger partial charge on any atom is 0.0562 e. The number of benzene rings is 9. The summed E-state index contributed by atoms with van der Waals surface area (Å²) in [5, 5.41) is 2.48. The van der Waals surface area contributed by atoms with Crippen molar-refractivity contribution < 1.29 is 0 Å². The lowest BCUT2D eigenvalue weighted by molar-refractivity contribution is 0.660. The first-order valence-corrected chi connectivity index (χ1v) is 20.5. The second-order valence-electron chi connectivity index (χ2n) is 16.1. The van der Waals surface area contributed by atoms with E-state index in [-0.39, 0.29) is 5.41 Å². The number of nitrogens with zero attached hydrogens (tertiary/aromatic N) is 2. The zero-order valence-corrected chi connectivity index (χ0v) is 33.2. The van der Waals surface area contributed by atoms with E-state index in [4.69, 9.17) is 0 Å². The lowest BCUT2D eigenvalue weighted by atomic mass is 9.81. The van der Waals surface area contributed by atoms with Crippen LogP contribution in [0.3, 0.4) is 0 Å². The lowest BCUT2D eigenvalue weighted by Crippen LogP contribution is -2.14. The molecule has 0 N–H and O–H groups in total. The fraction of sp³-hybridized carbons (Fsp3) is 0.0526. The van der Waals surface area contributed by atoms with Crippen molar-refractivity contribution in [2.24, 2.45) is 0 Å². The van der Waals surface area contributed by atoms with Crippen molar-refractivity contribution in [1.29, 1.82) is 0 Å². The van der Waals surface area contributed by atoms with Crippen molar-refractivity contribution in [3.63, 3.8) is 0 Å². The predicted octanol–water partition coefficient (Wildman–Crippen LogP) is 15.6. The SMILES string of the molecule is CC1(C)c2ccccc2-c2ccc(-c3ccc(N(c4ccc5c6c(-c7ccccc7)cccc6n(-c6ccccc6)c5c4)c4ccccc4-c4ccccc4)cc3)cc21. The molecule has 0 bridgehead atoms. The van der Waals surface area contributed by atoms with Gasteiger partial charge in [0.1, 0.15) is 0 Å². The monoisotopic (exact) mass is 754 g/mol. The minimum absolute atomic E-state index is 0.0530. The first-order valence-electron chi connectivity index (χ1n) is 20.5. The Hall–Kier alpha value is -7.42. The quantitative estimate of drug-likeness (QED) is 0.157. The van der Waals surface area contributed by atoms with Gasteiger partial charge in [0.05, 0.1) is 16.7 Å². The Morgan fingerprint density at radius 1 is 0.373 bits per heavy atom. The van der Waals surface area contributed by atoms with Crippen LogP contribution in [0.25, 0.3) is 72.0 Å². The summed E-state index contributed by atoms with van der Waals surface area (Å²) in [7, 11) is 0. The van der Waals surface area contributed by atoms with E-state index in [1.807, 2.05) is 0 Å². The van der Waals surface area contributed by atoms with Gasteiger partial charge in [-0.15, -0.1) is 0 Å². The summed E-state index contributed by atoms with van der Waals surface area (Å²) in [5.41, 5.74) is 19.4. The Kier molecular flexibility index (Phi) is 8.20. The van der Waals surface area contributed by atoms with Crippen LogP contribution in [0.15, 0.2) is 218 Å². The molecule has 10 aromatic rings. The molecule has 0 saturated heterocycles. The Bertz CT molecular complexity index is 3160. The number of hydrogen-bond donors (Lipinski definition) is 0. The fourth-order valence-corrected chi connectivity index (χ4v) is 9.55. The van der Waals surface area contributed by atoms with Gasteiger partial charge < -0.3 is 9.47 Å². The summed E-state index contributed by atoms with van der Waals surface area (Å²) >= 11 is 0. The Labute approximate surface area is 345 Å². The van der Waals surface area contributed by atoms with Crippen LogP contribution in [-0.2, 0) is 5.41 Å². The van der Waals surface area contributed by atoms with Gasteiger partial charge in [-0.25, -0.2) is 0 Å². The van der Waals surface area contributed by atoms with Crippen LogP contribution in [-0.4, -0.2) is 4.57 Å². The number of fused-ring (bicyclic) bond motifs is 6. The molecule has 59 heavy (non-hydrogen) atoms. The fourth-order valence-electron chi connectivity index (χ4n) is 9.55. The molecule has 2 nitrogen and oxygen atoms in total. The van der Waals surface area contributed by atoms with Crippen molar-refractivity contribution >= 4 is 38.9 Å². The second-order valence-corrected chi connectivity index (χ2v) is 16.1. The number of rotatable bonds is 7. The smallest absolute Gasteiger partial charge is 0.0562 e. The van der Waals surface area contributed by atoms with E-state index in [9.17, 15) is 0 Å². The topological polar surface area (TPSA) is 8.17 Å². The van der Waals surface area contributed by atoms with E-state index >= 15 is 0 Å². The van der Waals surface area contributed by atoms with Crippen LogP contribution in [0.5, 0.6) is 0 Å². The van der Waals surface area contributed by atoms with Gasteiger partial charge >= 0.3 is 0 Å². The maximum absolute atomic E-state index is 2.43. The van der Waals surface area contributed by atoms with Gasteiger partial charge in [-0.1, -0.05) is 178 Å². The van der Waals surface area contributed by atoms with Gasteiger partial charge in [0.2, 0.25) is 0 Å². The third kappa shape index (κ3) is 5.71. The first-order chi connectivity index (χ1) is 29.0. The van der Waals surface area contributed by atoms with Crippen LogP contribution in [0.2, 0.25) is 0 Å². The van der Waals surface area contributed by atoms with Crippen LogP contribution in [0.1, 0.15) is 25.0 Å². The standard InChI is InChI=1S/C57H42N2/c1-57(2)51-26-14-12-24-48(51)49-35-31-42(37-52(49)57)39-29-32-44(33-30-39)58(53-27-15-13-23-46(53)40-17-6-3-7-18-40)45-34-36-50-55(38-45)59(43-21-10-5-11-22-43)54-28-16-25-47(56(50)54)41-19-8-4-9-20-41/h3-38H,1-2H3. The van der Waals surface area contributed by atoms with Crippen molar-refractivity contribution in [3.8, 4) is 50.2 Å². The average molecular weight is 755 g/mol. The van der Waals surface area contributed by atoms with E-state index in [1.165, 1.54) is 71.9 Å². The molecule has 9 aromatic carbocycles. The summed E-state index contributed by atoms with van der Waals surface area (Å²) in [6, 6.07) is 79.8. The molecule has 280 valence electrons. The van der Waals surface area contributed by atoms with E-state index in [0.717, 1.165) is 28.3 Å². The molecule has 0 spiro atoms. The molecule has 0 saturated carbocycles.